The van der Waals surface area contributed by atoms with Crippen LogP contribution in [0.2, 0.25) is 0 Å². The number of aromatic carboxylic acids is 1. The second-order valence-electron chi connectivity index (χ2n) is 3.54. The van der Waals surface area contributed by atoms with E-state index in [1.165, 1.54) is 36.7 Å². The summed E-state index contributed by atoms with van der Waals surface area (Å²) < 4.78 is 0. The SMILES string of the molecule is O=C(O)c1nccnc1C(=O)Nc1ccc([O-])cc1. The van der Waals surface area contributed by atoms with Crippen molar-refractivity contribution in [2.75, 3.05) is 5.32 Å². The van der Waals surface area contributed by atoms with Crippen LogP contribution in [0.4, 0.5) is 5.69 Å². The van der Waals surface area contributed by atoms with Crippen LogP contribution in [0.1, 0.15) is 21.0 Å². The van der Waals surface area contributed by atoms with Crippen molar-refractivity contribution in [3.63, 3.8) is 0 Å². The first-order valence-electron chi connectivity index (χ1n) is 5.20. The van der Waals surface area contributed by atoms with Crippen LogP contribution < -0.4 is 10.4 Å². The Morgan fingerprint density at radius 1 is 1.05 bits per heavy atom. The van der Waals surface area contributed by atoms with Gasteiger partial charge in [0.2, 0.25) is 0 Å². The van der Waals surface area contributed by atoms with E-state index in [4.69, 9.17) is 5.11 Å². The van der Waals surface area contributed by atoms with E-state index in [9.17, 15) is 14.7 Å². The first-order chi connectivity index (χ1) is 9.08. The van der Waals surface area contributed by atoms with E-state index in [0.29, 0.717) is 5.69 Å². The van der Waals surface area contributed by atoms with Crippen molar-refractivity contribution in [2.24, 2.45) is 0 Å². The first kappa shape index (κ1) is 12.5. The van der Waals surface area contributed by atoms with Gasteiger partial charge < -0.3 is 15.5 Å². The Hall–Kier alpha value is -2.96. The Morgan fingerprint density at radius 2 is 1.63 bits per heavy atom. The summed E-state index contributed by atoms with van der Waals surface area (Å²) in [4.78, 5) is 30.0. The lowest BCUT2D eigenvalue weighted by Crippen LogP contribution is -2.19. The molecular weight excluding hydrogens is 250 g/mol. The largest absolute Gasteiger partial charge is 0.872 e. The number of carbonyl (C=O) groups is 2. The minimum Gasteiger partial charge on any atom is -0.872 e. The minimum absolute atomic E-state index is 0.191. The number of carboxylic acid groups (broad SMARTS) is 1. The molecule has 0 spiro atoms. The van der Waals surface area contributed by atoms with Gasteiger partial charge in [-0.25, -0.2) is 14.8 Å². The van der Waals surface area contributed by atoms with Gasteiger partial charge in [-0.15, -0.1) is 5.75 Å². The van der Waals surface area contributed by atoms with Crippen molar-refractivity contribution in [2.45, 2.75) is 0 Å². The molecule has 7 nitrogen and oxygen atoms in total. The Morgan fingerprint density at radius 3 is 2.21 bits per heavy atom. The lowest BCUT2D eigenvalue weighted by molar-refractivity contribution is -0.268. The molecule has 0 aliphatic rings. The summed E-state index contributed by atoms with van der Waals surface area (Å²) in [7, 11) is 0. The van der Waals surface area contributed by atoms with E-state index in [0.717, 1.165) is 0 Å². The third kappa shape index (κ3) is 2.83. The van der Waals surface area contributed by atoms with E-state index in [1.807, 2.05) is 0 Å². The quantitative estimate of drug-likeness (QED) is 0.828. The molecule has 2 N–H and O–H groups in total. The fourth-order valence-electron chi connectivity index (χ4n) is 1.39. The number of hydrogen-bond donors (Lipinski definition) is 2. The number of aromatic nitrogens is 2. The molecule has 1 amide bonds. The smallest absolute Gasteiger partial charge is 0.356 e. The van der Waals surface area contributed by atoms with Crippen LogP contribution in [-0.4, -0.2) is 27.0 Å². The van der Waals surface area contributed by atoms with Crippen molar-refractivity contribution in [1.82, 2.24) is 9.97 Å². The Balaban J connectivity index is 2.25. The van der Waals surface area contributed by atoms with E-state index >= 15 is 0 Å². The summed E-state index contributed by atoms with van der Waals surface area (Å²) in [6.45, 7) is 0. The molecule has 96 valence electrons. The maximum absolute atomic E-state index is 11.9. The zero-order valence-corrected chi connectivity index (χ0v) is 9.53. The van der Waals surface area contributed by atoms with E-state index < -0.39 is 17.6 Å². The van der Waals surface area contributed by atoms with Crippen molar-refractivity contribution < 1.29 is 19.8 Å². The molecule has 7 heteroatoms. The highest BCUT2D eigenvalue weighted by atomic mass is 16.4. The molecule has 0 fully saturated rings. The van der Waals surface area contributed by atoms with Crippen LogP contribution in [0, 0.1) is 0 Å². The van der Waals surface area contributed by atoms with Gasteiger partial charge in [0.05, 0.1) is 0 Å². The molecule has 0 saturated carbocycles. The van der Waals surface area contributed by atoms with Crippen LogP contribution in [0.15, 0.2) is 36.7 Å². The molecule has 0 atom stereocenters. The number of carbonyl (C=O) groups excluding carboxylic acids is 1. The predicted octanol–water partition coefficient (Wildman–Crippen LogP) is 0.501. The average molecular weight is 258 g/mol. The van der Waals surface area contributed by atoms with Crippen LogP contribution in [0.25, 0.3) is 0 Å². The Kier molecular flexibility index (Phi) is 3.37. The second-order valence-corrected chi connectivity index (χ2v) is 3.54. The molecule has 19 heavy (non-hydrogen) atoms. The summed E-state index contributed by atoms with van der Waals surface area (Å²) in [5, 5.41) is 22.2. The summed E-state index contributed by atoms with van der Waals surface area (Å²) in [5.41, 5.74) is -0.353. The zero-order valence-electron chi connectivity index (χ0n) is 9.53. The minimum atomic E-state index is -1.34. The van der Waals surface area contributed by atoms with Gasteiger partial charge in [0.1, 0.15) is 0 Å². The molecule has 1 aromatic carbocycles. The van der Waals surface area contributed by atoms with Gasteiger partial charge in [-0.05, 0) is 12.1 Å². The number of anilines is 1. The summed E-state index contributed by atoms with van der Waals surface area (Å²) in [5.74, 6) is -2.24. The van der Waals surface area contributed by atoms with Crippen LogP contribution in [-0.2, 0) is 0 Å². The van der Waals surface area contributed by atoms with Gasteiger partial charge in [0.25, 0.3) is 5.91 Å². The normalized spacial score (nSPS) is 9.89. The topological polar surface area (TPSA) is 115 Å². The number of nitrogens with zero attached hydrogens (tertiary/aromatic N) is 2. The molecule has 2 aromatic rings. The van der Waals surface area contributed by atoms with Gasteiger partial charge in [0, 0.05) is 18.1 Å². The van der Waals surface area contributed by atoms with Crippen LogP contribution in [0.3, 0.4) is 0 Å². The second kappa shape index (κ2) is 5.13. The molecule has 1 heterocycles. The van der Waals surface area contributed by atoms with Crippen LogP contribution >= 0.6 is 0 Å². The first-order valence-corrected chi connectivity index (χ1v) is 5.20. The summed E-state index contributed by atoms with van der Waals surface area (Å²) >= 11 is 0. The average Bonchev–Trinajstić information content (AvgIpc) is 2.41. The van der Waals surface area contributed by atoms with E-state index in [-0.39, 0.29) is 11.4 Å². The van der Waals surface area contributed by atoms with Crippen molar-refractivity contribution in [3.05, 3.63) is 48.0 Å². The standard InChI is InChI=1S/C12H9N3O4/c16-8-3-1-7(2-4-8)15-11(17)9-10(12(18)19)14-6-5-13-9/h1-6,16H,(H,15,17)(H,18,19)/p-1. The fourth-order valence-corrected chi connectivity index (χ4v) is 1.39. The number of amides is 1. The third-order valence-electron chi connectivity index (χ3n) is 2.23. The monoisotopic (exact) mass is 258 g/mol. The molecule has 0 aliphatic carbocycles. The van der Waals surface area contributed by atoms with Gasteiger partial charge >= 0.3 is 5.97 Å². The van der Waals surface area contributed by atoms with Crippen molar-refractivity contribution in [3.8, 4) is 5.75 Å². The van der Waals surface area contributed by atoms with Gasteiger partial charge in [-0.3, -0.25) is 4.79 Å². The van der Waals surface area contributed by atoms with Gasteiger partial charge in [-0.2, -0.15) is 0 Å². The third-order valence-corrected chi connectivity index (χ3v) is 2.23. The van der Waals surface area contributed by atoms with Crippen molar-refractivity contribution in [1.29, 1.82) is 0 Å². The predicted molar refractivity (Wildman–Crippen MR) is 62.8 cm³/mol. The molecule has 0 radical (unpaired) electrons. The lowest BCUT2D eigenvalue weighted by Gasteiger charge is -2.08. The number of carboxylic acids is 1. The van der Waals surface area contributed by atoms with E-state index in [1.54, 1.807) is 0 Å². The maximum Gasteiger partial charge on any atom is 0.356 e. The maximum atomic E-state index is 11.9. The molecular formula is C12H8N3O4-. The summed E-state index contributed by atoms with van der Waals surface area (Å²) in [6, 6.07) is 5.39. The molecule has 1 aromatic heterocycles. The van der Waals surface area contributed by atoms with E-state index in [2.05, 4.69) is 15.3 Å². The molecule has 0 unspecified atom stereocenters. The molecule has 2 rings (SSSR count). The van der Waals surface area contributed by atoms with Gasteiger partial charge in [0.15, 0.2) is 11.4 Å². The molecule has 0 bridgehead atoms. The number of nitrogens with one attached hydrogen (secondary N) is 1. The van der Waals surface area contributed by atoms with Crippen LogP contribution in [0.5, 0.6) is 5.75 Å². The molecule has 0 aliphatic heterocycles. The highest BCUT2D eigenvalue weighted by Gasteiger charge is 2.19. The number of rotatable bonds is 3. The van der Waals surface area contributed by atoms with Crippen molar-refractivity contribution >= 4 is 17.6 Å². The molecule has 0 saturated heterocycles. The number of benzene rings is 1. The Labute approximate surface area is 107 Å². The highest BCUT2D eigenvalue weighted by Crippen LogP contribution is 2.13. The number of hydrogen-bond acceptors (Lipinski definition) is 5. The zero-order chi connectivity index (χ0) is 13.8. The lowest BCUT2D eigenvalue weighted by atomic mass is 10.2. The fraction of sp³-hybridized carbons (Fsp3) is 0. The highest BCUT2D eigenvalue weighted by molar-refractivity contribution is 6.08. The van der Waals surface area contributed by atoms with Gasteiger partial charge in [-0.1, -0.05) is 12.1 Å². The summed E-state index contributed by atoms with van der Waals surface area (Å²) in [6.07, 6.45) is 2.41. The Bertz CT molecular complexity index is 625.